The first kappa shape index (κ1) is 11.7. The van der Waals surface area contributed by atoms with Crippen molar-refractivity contribution in [3.8, 4) is 0 Å². The molecular weight excluding hydrogens is 220 g/mol. The Hall–Kier alpha value is -0.360. The molecule has 3 nitrogen and oxygen atoms in total. The van der Waals surface area contributed by atoms with Crippen LogP contribution in [0.1, 0.15) is 5.56 Å². The first-order chi connectivity index (χ1) is 6.74. The molecule has 78 valence electrons. The zero-order valence-corrected chi connectivity index (χ0v) is 9.44. The van der Waals surface area contributed by atoms with Gasteiger partial charge in [-0.15, -0.1) is 0 Å². The summed E-state index contributed by atoms with van der Waals surface area (Å²) in [5, 5.41) is 0. The summed E-state index contributed by atoms with van der Waals surface area (Å²) in [4.78, 5) is 0.794. The van der Waals surface area contributed by atoms with Gasteiger partial charge in [0, 0.05) is 4.90 Å². The van der Waals surface area contributed by atoms with E-state index in [1.54, 1.807) is 0 Å². The quantitative estimate of drug-likeness (QED) is 0.624. The van der Waals surface area contributed by atoms with Gasteiger partial charge in [0.05, 0.1) is 23.2 Å². The van der Waals surface area contributed by atoms with Crippen LogP contribution in [0.2, 0.25) is 0 Å². The van der Waals surface area contributed by atoms with Gasteiger partial charge in [-0.05, 0) is 19.1 Å². The monoisotopic (exact) mass is 232 g/mol. The van der Waals surface area contributed by atoms with Crippen LogP contribution in [0, 0.1) is 6.92 Å². The number of hydrogen-bond donors (Lipinski definition) is 1. The highest BCUT2D eigenvalue weighted by atomic mass is 32.2. The Morgan fingerprint density at radius 1 is 1.43 bits per heavy atom. The van der Waals surface area contributed by atoms with Crippen molar-refractivity contribution in [2.24, 2.45) is 0 Å². The zero-order chi connectivity index (χ0) is 10.4. The molecule has 0 bridgehead atoms. The molecule has 0 saturated heterocycles. The number of rotatable bonds is 5. The Kier molecular flexibility index (Phi) is 5.17. The molecule has 0 aliphatic rings. The summed E-state index contributed by atoms with van der Waals surface area (Å²) in [7, 11) is -1.04. The van der Waals surface area contributed by atoms with Crippen LogP contribution in [0.4, 0.5) is 0 Å². The van der Waals surface area contributed by atoms with E-state index in [0.717, 1.165) is 10.5 Å². The molecule has 5 heteroatoms. The lowest BCUT2D eigenvalue weighted by Crippen LogP contribution is -2.03. The SMILES string of the molecule is Cc1ccc(S(=O)CCOSO)cc1. The normalized spacial score (nSPS) is 12.7. The van der Waals surface area contributed by atoms with Crippen molar-refractivity contribution in [1.29, 1.82) is 0 Å². The minimum atomic E-state index is -1.04. The molecule has 0 spiro atoms. The predicted molar refractivity (Wildman–Crippen MR) is 58.6 cm³/mol. The minimum absolute atomic E-state index is 0.279. The van der Waals surface area contributed by atoms with Crippen LogP contribution in [0.5, 0.6) is 0 Å². The predicted octanol–water partition coefficient (Wildman–Crippen LogP) is 2.24. The van der Waals surface area contributed by atoms with Gasteiger partial charge in [-0.1, -0.05) is 17.7 Å². The summed E-state index contributed by atoms with van der Waals surface area (Å²) < 4.78 is 24.5. The van der Waals surface area contributed by atoms with E-state index >= 15 is 0 Å². The fourth-order valence-electron chi connectivity index (χ4n) is 0.955. The van der Waals surface area contributed by atoms with Gasteiger partial charge in [-0.3, -0.25) is 8.39 Å². The average Bonchev–Trinajstić information content (AvgIpc) is 2.19. The minimum Gasteiger partial charge on any atom is -0.307 e. The highest BCUT2D eigenvalue weighted by molar-refractivity contribution is 7.89. The van der Waals surface area contributed by atoms with E-state index < -0.39 is 10.8 Å². The summed E-state index contributed by atoms with van der Waals surface area (Å²) in [6.45, 7) is 2.26. The van der Waals surface area contributed by atoms with Gasteiger partial charge in [-0.25, -0.2) is 0 Å². The van der Waals surface area contributed by atoms with Gasteiger partial charge in [-0.2, -0.15) is 0 Å². The maximum absolute atomic E-state index is 11.6. The molecule has 0 aliphatic heterocycles. The Balaban J connectivity index is 2.48. The van der Waals surface area contributed by atoms with Gasteiger partial charge < -0.3 is 4.55 Å². The topological polar surface area (TPSA) is 46.5 Å². The highest BCUT2D eigenvalue weighted by Crippen LogP contribution is 2.08. The van der Waals surface area contributed by atoms with Gasteiger partial charge >= 0.3 is 0 Å². The second kappa shape index (κ2) is 6.19. The van der Waals surface area contributed by atoms with E-state index in [9.17, 15) is 4.21 Å². The van der Waals surface area contributed by atoms with Crippen molar-refractivity contribution in [3.63, 3.8) is 0 Å². The number of benzene rings is 1. The molecular formula is C9H12O3S2. The van der Waals surface area contributed by atoms with E-state index in [0.29, 0.717) is 18.1 Å². The molecule has 0 fully saturated rings. The summed E-state index contributed by atoms with van der Waals surface area (Å²) >= 11 is 0.307. The van der Waals surface area contributed by atoms with E-state index in [-0.39, 0.29) is 6.61 Å². The molecule has 0 aliphatic carbocycles. The van der Waals surface area contributed by atoms with Crippen LogP contribution >= 0.6 is 12.3 Å². The second-order valence-electron chi connectivity index (χ2n) is 2.76. The van der Waals surface area contributed by atoms with E-state index in [4.69, 9.17) is 4.55 Å². The van der Waals surface area contributed by atoms with E-state index in [1.165, 1.54) is 0 Å². The van der Waals surface area contributed by atoms with Crippen LogP contribution in [0.15, 0.2) is 29.2 Å². The Labute approximate surface area is 90.3 Å². The molecule has 14 heavy (non-hydrogen) atoms. The molecule has 0 aromatic heterocycles. The summed E-state index contributed by atoms with van der Waals surface area (Å²) in [6.07, 6.45) is 0. The molecule has 0 saturated carbocycles. The molecule has 1 N–H and O–H groups in total. The van der Waals surface area contributed by atoms with Gasteiger partial charge in [0.25, 0.3) is 0 Å². The largest absolute Gasteiger partial charge is 0.307 e. The Morgan fingerprint density at radius 2 is 2.07 bits per heavy atom. The van der Waals surface area contributed by atoms with Crippen molar-refractivity contribution < 1.29 is 12.9 Å². The van der Waals surface area contributed by atoms with Gasteiger partial charge in [0.1, 0.15) is 0 Å². The molecule has 0 radical (unpaired) electrons. The molecule has 1 aromatic carbocycles. The van der Waals surface area contributed by atoms with Crippen molar-refractivity contribution in [1.82, 2.24) is 0 Å². The summed E-state index contributed by atoms with van der Waals surface area (Å²) in [5.74, 6) is 0.399. The fraction of sp³-hybridized carbons (Fsp3) is 0.333. The Morgan fingerprint density at radius 3 is 2.64 bits per heavy atom. The molecule has 1 rings (SSSR count). The molecule has 1 atom stereocenters. The first-order valence-electron chi connectivity index (χ1n) is 4.12. The standard InChI is InChI=1S/C9H12O3S2/c1-8-2-4-9(5-3-8)14(11)7-6-12-13-10/h2-5,10H,6-7H2,1H3. The summed E-state index contributed by atoms with van der Waals surface area (Å²) in [5.41, 5.74) is 1.15. The van der Waals surface area contributed by atoms with Gasteiger partial charge in [0.15, 0.2) is 12.3 Å². The van der Waals surface area contributed by atoms with Crippen LogP contribution in [0.25, 0.3) is 0 Å². The van der Waals surface area contributed by atoms with E-state index in [1.807, 2.05) is 31.2 Å². The first-order valence-corrected chi connectivity index (χ1v) is 6.14. The molecule has 0 amide bonds. The van der Waals surface area contributed by atoms with Crippen LogP contribution in [-0.2, 0) is 15.0 Å². The maximum atomic E-state index is 11.6. The van der Waals surface area contributed by atoms with Crippen molar-refractivity contribution >= 4 is 23.1 Å². The van der Waals surface area contributed by atoms with Crippen LogP contribution < -0.4 is 0 Å². The fourth-order valence-corrected chi connectivity index (χ4v) is 2.13. The maximum Gasteiger partial charge on any atom is 0.155 e. The van der Waals surface area contributed by atoms with Crippen molar-refractivity contribution in [2.75, 3.05) is 12.4 Å². The lowest BCUT2D eigenvalue weighted by atomic mass is 10.2. The average molecular weight is 232 g/mol. The smallest absolute Gasteiger partial charge is 0.155 e. The van der Waals surface area contributed by atoms with Crippen LogP contribution in [-0.4, -0.2) is 21.1 Å². The third-order valence-electron chi connectivity index (χ3n) is 1.69. The Bertz CT molecular complexity index is 297. The third kappa shape index (κ3) is 3.79. The third-order valence-corrected chi connectivity index (χ3v) is 3.30. The molecule has 1 aromatic rings. The molecule has 1 unspecified atom stereocenters. The number of hydrogen-bond acceptors (Lipinski definition) is 4. The molecule has 0 heterocycles. The lowest BCUT2D eigenvalue weighted by molar-refractivity contribution is 0.369. The lowest BCUT2D eigenvalue weighted by Gasteiger charge is -2.01. The summed E-state index contributed by atoms with van der Waals surface area (Å²) in [6, 6.07) is 7.54. The highest BCUT2D eigenvalue weighted by Gasteiger charge is 2.02. The van der Waals surface area contributed by atoms with E-state index in [2.05, 4.69) is 4.18 Å². The second-order valence-corrected chi connectivity index (χ2v) is 4.71. The zero-order valence-electron chi connectivity index (χ0n) is 7.80. The van der Waals surface area contributed by atoms with Crippen LogP contribution in [0.3, 0.4) is 0 Å². The number of aryl methyl sites for hydroxylation is 1. The van der Waals surface area contributed by atoms with Gasteiger partial charge in [0.2, 0.25) is 0 Å². The van der Waals surface area contributed by atoms with Crippen molar-refractivity contribution in [3.05, 3.63) is 29.8 Å². The van der Waals surface area contributed by atoms with Crippen molar-refractivity contribution in [2.45, 2.75) is 11.8 Å².